The van der Waals surface area contributed by atoms with Gasteiger partial charge in [-0.15, -0.1) is 0 Å². The van der Waals surface area contributed by atoms with Gasteiger partial charge in [-0.25, -0.2) is 4.39 Å². The van der Waals surface area contributed by atoms with E-state index in [0.717, 1.165) is 6.07 Å². The molecule has 6 heteroatoms. The van der Waals surface area contributed by atoms with Gasteiger partial charge in [-0.1, -0.05) is 27.5 Å². The van der Waals surface area contributed by atoms with Gasteiger partial charge in [0.15, 0.2) is 0 Å². The topological polar surface area (TPSA) is 52.5 Å². The molecular weight excluding hydrogens is 312 g/mol. The Balaban J connectivity index is 2.91. The van der Waals surface area contributed by atoms with Crippen LogP contribution in [0.3, 0.4) is 0 Å². The number of aliphatic hydroxyl groups excluding tert-OH is 2. The van der Waals surface area contributed by atoms with E-state index < -0.39 is 18.0 Å². The van der Waals surface area contributed by atoms with Crippen molar-refractivity contribution in [2.75, 3.05) is 13.6 Å². The lowest BCUT2D eigenvalue weighted by molar-refractivity contribution is 0.0115. The molecule has 1 aromatic rings. The summed E-state index contributed by atoms with van der Waals surface area (Å²) in [6.45, 7) is 0.533. The summed E-state index contributed by atoms with van der Waals surface area (Å²) in [4.78, 5) is 0. The SMILES string of the molecule is CNCCC(O)C(O)c1c(F)cc(Cl)cc1Br. The first kappa shape index (κ1) is 14.9. The predicted molar refractivity (Wildman–Crippen MR) is 68.6 cm³/mol. The van der Waals surface area contributed by atoms with Crippen LogP contribution in [0.15, 0.2) is 16.6 Å². The maximum absolute atomic E-state index is 13.6. The molecule has 0 aliphatic heterocycles. The van der Waals surface area contributed by atoms with Crippen molar-refractivity contribution in [2.45, 2.75) is 18.6 Å². The van der Waals surface area contributed by atoms with Crippen LogP contribution in [0.4, 0.5) is 4.39 Å². The normalized spacial score (nSPS) is 14.7. The lowest BCUT2D eigenvalue weighted by atomic mass is 10.0. The van der Waals surface area contributed by atoms with Crippen molar-refractivity contribution in [3.63, 3.8) is 0 Å². The molecule has 0 aliphatic carbocycles. The van der Waals surface area contributed by atoms with E-state index in [0.29, 0.717) is 17.4 Å². The van der Waals surface area contributed by atoms with Crippen LogP contribution in [0.2, 0.25) is 5.02 Å². The van der Waals surface area contributed by atoms with E-state index in [1.165, 1.54) is 6.07 Å². The Hall–Kier alpha value is -0.200. The highest BCUT2D eigenvalue weighted by Gasteiger charge is 2.24. The quantitative estimate of drug-likeness (QED) is 0.778. The molecule has 3 N–H and O–H groups in total. The number of halogens is 3. The molecule has 0 heterocycles. The Kier molecular flexibility index (Phi) is 5.82. The van der Waals surface area contributed by atoms with Crippen molar-refractivity contribution in [3.8, 4) is 0 Å². The van der Waals surface area contributed by atoms with E-state index in [9.17, 15) is 14.6 Å². The van der Waals surface area contributed by atoms with Crippen LogP contribution in [0.25, 0.3) is 0 Å². The molecule has 1 rings (SSSR count). The number of hydrogen-bond donors (Lipinski definition) is 3. The molecule has 96 valence electrons. The molecule has 0 aromatic heterocycles. The van der Waals surface area contributed by atoms with Crippen molar-refractivity contribution in [1.82, 2.24) is 5.32 Å². The smallest absolute Gasteiger partial charge is 0.131 e. The zero-order valence-electron chi connectivity index (χ0n) is 9.25. The van der Waals surface area contributed by atoms with E-state index in [-0.39, 0.29) is 10.6 Å². The molecule has 0 bridgehead atoms. The fraction of sp³-hybridized carbons (Fsp3) is 0.455. The third-order valence-corrected chi connectivity index (χ3v) is 3.27. The number of nitrogens with one attached hydrogen (secondary N) is 1. The largest absolute Gasteiger partial charge is 0.390 e. The van der Waals surface area contributed by atoms with Crippen molar-refractivity contribution in [3.05, 3.63) is 33.0 Å². The van der Waals surface area contributed by atoms with E-state index in [1.807, 2.05) is 0 Å². The van der Waals surface area contributed by atoms with Crippen LogP contribution in [0.1, 0.15) is 18.1 Å². The molecular formula is C11H14BrClFNO2. The summed E-state index contributed by atoms with van der Waals surface area (Å²) in [5, 5.41) is 22.7. The minimum atomic E-state index is -1.28. The lowest BCUT2D eigenvalue weighted by Gasteiger charge is -2.20. The zero-order valence-corrected chi connectivity index (χ0v) is 11.6. The molecule has 0 aliphatic rings. The third-order valence-electron chi connectivity index (χ3n) is 2.39. The molecule has 1 aromatic carbocycles. The van der Waals surface area contributed by atoms with Gasteiger partial charge in [-0.05, 0) is 32.1 Å². The summed E-state index contributed by atoms with van der Waals surface area (Å²) in [6, 6.07) is 2.59. The van der Waals surface area contributed by atoms with Crippen LogP contribution in [0.5, 0.6) is 0 Å². The molecule has 0 saturated carbocycles. The van der Waals surface area contributed by atoms with Gasteiger partial charge in [0.25, 0.3) is 0 Å². The summed E-state index contributed by atoms with van der Waals surface area (Å²) in [6.07, 6.45) is -1.99. The Morgan fingerprint density at radius 1 is 1.47 bits per heavy atom. The number of benzene rings is 1. The van der Waals surface area contributed by atoms with Gasteiger partial charge in [-0.3, -0.25) is 0 Å². The molecule has 17 heavy (non-hydrogen) atoms. The van der Waals surface area contributed by atoms with E-state index >= 15 is 0 Å². The van der Waals surface area contributed by atoms with Crippen molar-refractivity contribution in [1.29, 1.82) is 0 Å². The minimum Gasteiger partial charge on any atom is -0.390 e. The first-order valence-corrected chi connectivity index (χ1v) is 6.29. The molecule has 0 fully saturated rings. The van der Waals surface area contributed by atoms with Crippen LogP contribution in [-0.2, 0) is 0 Å². The highest BCUT2D eigenvalue weighted by Crippen LogP contribution is 2.31. The monoisotopic (exact) mass is 325 g/mol. The second-order valence-electron chi connectivity index (χ2n) is 3.69. The lowest BCUT2D eigenvalue weighted by Crippen LogP contribution is -2.24. The Morgan fingerprint density at radius 2 is 2.12 bits per heavy atom. The molecule has 0 radical (unpaired) electrons. The summed E-state index contributed by atoms with van der Waals surface area (Å²) < 4.78 is 14.0. The average molecular weight is 327 g/mol. The van der Waals surface area contributed by atoms with Crippen LogP contribution in [-0.4, -0.2) is 29.9 Å². The molecule has 0 saturated heterocycles. The number of rotatable bonds is 5. The van der Waals surface area contributed by atoms with Crippen molar-refractivity contribution < 1.29 is 14.6 Å². The average Bonchev–Trinajstić information content (AvgIpc) is 2.24. The summed E-state index contributed by atoms with van der Waals surface area (Å²) in [5.41, 5.74) is 0.0259. The molecule has 2 unspecified atom stereocenters. The Morgan fingerprint density at radius 3 is 2.65 bits per heavy atom. The Labute approximate surface area is 113 Å². The number of hydrogen-bond acceptors (Lipinski definition) is 3. The summed E-state index contributed by atoms with van der Waals surface area (Å²) in [5.74, 6) is -0.639. The van der Waals surface area contributed by atoms with Gasteiger partial charge >= 0.3 is 0 Å². The van der Waals surface area contributed by atoms with Gasteiger partial charge in [0.1, 0.15) is 11.9 Å². The zero-order chi connectivity index (χ0) is 13.0. The fourth-order valence-electron chi connectivity index (χ4n) is 1.48. The second-order valence-corrected chi connectivity index (χ2v) is 4.98. The van der Waals surface area contributed by atoms with Crippen LogP contribution >= 0.6 is 27.5 Å². The van der Waals surface area contributed by atoms with Gasteiger partial charge in [0.2, 0.25) is 0 Å². The van der Waals surface area contributed by atoms with Gasteiger partial charge in [0, 0.05) is 15.1 Å². The predicted octanol–water partition coefficient (Wildman–Crippen LogP) is 2.25. The Bertz CT molecular complexity index is 369. The fourth-order valence-corrected chi connectivity index (χ4v) is 2.49. The van der Waals surface area contributed by atoms with Crippen molar-refractivity contribution in [2.24, 2.45) is 0 Å². The van der Waals surface area contributed by atoms with Crippen LogP contribution in [0, 0.1) is 5.82 Å². The van der Waals surface area contributed by atoms with Crippen molar-refractivity contribution >= 4 is 27.5 Å². The molecule has 0 amide bonds. The molecule has 0 spiro atoms. The first-order chi connectivity index (χ1) is 7.97. The van der Waals surface area contributed by atoms with Gasteiger partial charge < -0.3 is 15.5 Å². The highest BCUT2D eigenvalue weighted by atomic mass is 79.9. The molecule has 3 nitrogen and oxygen atoms in total. The van der Waals surface area contributed by atoms with Gasteiger partial charge in [0.05, 0.1) is 6.10 Å². The highest BCUT2D eigenvalue weighted by molar-refractivity contribution is 9.10. The third kappa shape index (κ3) is 3.89. The maximum atomic E-state index is 13.6. The second kappa shape index (κ2) is 6.66. The van der Waals surface area contributed by atoms with E-state index in [2.05, 4.69) is 21.2 Å². The standard InChI is InChI=1S/C11H14BrClFNO2/c1-15-3-2-9(16)11(17)10-7(12)4-6(13)5-8(10)14/h4-5,9,11,15-17H,2-3H2,1H3. The van der Waals surface area contributed by atoms with E-state index in [1.54, 1.807) is 7.05 Å². The van der Waals surface area contributed by atoms with Crippen LogP contribution < -0.4 is 5.32 Å². The minimum absolute atomic E-state index is 0.0259. The van der Waals surface area contributed by atoms with E-state index in [4.69, 9.17) is 11.6 Å². The first-order valence-electron chi connectivity index (χ1n) is 5.12. The van der Waals surface area contributed by atoms with Gasteiger partial charge in [-0.2, -0.15) is 0 Å². The molecule has 2 atom stereocenters. The maximum Gasteiger partial charge on any atom is 0.131 e. The summed E-state index contributed by atoms with van der Waals surface area (Å²) >= 11 is 8.79. The number of aliphatic hydroxyl groups is 2. The summed E-state index contributed by atoms with van der Waals surface area (Å²) in [7, 11) is 1.73.